The third kappa shape index (κ3) is 5.25. The summed E-state index contributed by atoms with van der Waals surface area (Å²) in [6, 6.07) is 10.1. The van der Waals surface area contributed by atoms with Crippen molar-refractivity contribution in [2.75, 3.05) is 37.4 Å². The topological polar surface area (TPSA) is 78.7 Å². The third-order valence-electron chi connectivity index (χ3n) is 4.92. The molecule has 1 fully saturated rings. The zero-order valence-electron chi connectivity index (χ0n) is 16.7. The van der Waals surface area contributed by atoms with Crippen molar-refractivity contribution in [1.82, 2.24) is 4.90 Å². The van der Waals surface area contributed by atoms with E-state index in [9.17, 15) is 14.9 Å². The molecule has 0 atom stereocenters. The highest BCUT2D eigenvalue weighted by atomic mass is 35.5. The van der Waals surface area contributed by atoms with Crippen molar-refractivity contribution in [3.63, 3.8) is 0 Å². The summed E-state index contributed by atoms with van der Waals surface area (Å²) < 4.78 is 0. The highest BCUT2D eigenvalue weighted by Gasteiger charge is 2.23. The first-order valence-corrected chi connectivity index (χ1v) is 10.0. The number of amides is 1. The number of hydrogen-bond donors (Lipinski definition) is 1. The van der Waals surface area contributed by atoms with Crippen LogP contribution in [0, 0.1) is 10.1 Å². The van der Waals surface area contributed by atoms with Gasteiger partial charge in [-0.1, -0.05) is 23.7 Å². The molecule has 29 heavy (non-hydrogen) atoms. The second kappa shape index (κ2) is 9.24. The van der Waals surface area contributed by atoms with Crippen LogP contribution in [-0.2, 0) is 6.54 Å². The van der Waals surface area contributed by atoms with Gasteiger partial charge in [-0.3, -0.25) is 14.9 Å². The number of carbonyl (C=O) groups excluding carboxylic acids is 1. The van der Waals surface area contributed by atoms with E-state index in [1.54, 1.807) is 18.2 Å². The molecular formula is C21H25ClN4O3. The van der Waals surface area contributed by atoms with E-state index in [4.69, 9.17) is 11.6 Å². The largest absolute Gasteiger partial charge is 0.370 e. The molecule has 0 saturated carbocycles. The summed E-state index contributed by atoms with van der Waals surface area (Å²) in [6.07, 6.45) is 3.26. The maximum atomic E-state index is 12.7. The van der Waals surface area contributed by atoms with Crippen molar-refractivity contribution in [2.24, 2.45) is 0 Å². The van der Waals surface area contributed by atoms with Crippen LogP contribution in [-0.4, -0.2) is 42.9 Å². The molecule has 0 aromatic heterocycles. The summed E-state index contributed by atoms with van der Waals surface area (Å²) in [4.78, 5) is 27.8. The summed E-state index contributed by atoms with van der Waals surface area (Å²) in [7, 11) is 3.94. The lowest BCUT2D eigenvalue weighted by molar-refractivity contribution is -0.383. The Morgan fingerprint density at radius 1 is 1.17 bits per heavy atom. The first-order valence-electron chi connectivity index (χ1n) is 9.63. The number of anilines is 2. The van der Waals surface area contributed by atoms with Crippen LogP contribution < -0.4 is 10.2 Å². The van der Waals surface area contributed by atoms with Gasteiger partial charge in [0.2, 0.25) is 0 Å². The number of nitrogens with zero attached hydrogens (tertiary/aromatic N) is 3. The first kappa shape index (κ1) is 21.1. The second-order valence-corrected chi connectivity index (χ2v) is 7.92. The average molecular weight is 417 g/mol. The van der Waals surface area contributed by atoms with Crippen molar-refractivity contribution in [2.45, 2.75) is 25.8 Å². The van der Waals surface area contributed by atoms with Crippen molar-refractivity contribution in [3.05, 3.63) is 62.7 Å². The van der Waals surface area contributed by atoms with E-state index >= 15 is 0 Å². The molecule has 2 aromatic carbocycles. The molecule has 1 amide bonds. The fourth-order valence-electron chi connectivity index (χ4n) is 3.50. The average Bonchev–Trinajstić information content (AvgIpc) is 2.69. The maximum absolute atomic E-state index is 12.7. The molecule has 3 rings (SSSR count). The summed E-state index contributed by atoms with van der Waals surface area (Å²) in [5.41, 5.74) is 2.18. The number of nitro benzene ring substituents is 1. The van der Waals surface area contributed by atoms with Gasteiger partial charge in [-0.25, -0.2) is 0 Å². The quantitative estimate of drug-likeness (QED) is 0.552. The highest BCUT2D eigenvalue weighted by Crippen LogP contribution is 2.37. The summed E-state index contributed by atoms with van der Waals surface area (Å²) >= 11 is 6.33. The summed E-state index contributed by atoms with van der Waals surface area (Å²) in [6.45, 7) is 2.46. The van der Waals surface area contributed by atoms with Gasteiger partial charge in [0.25, 0.3) is 11.6 Å². The molecule has 1 aliphatic rings. The van der Waals surface area contributed by atoms with Crippen molar-refractivity contribution in [3.8, 4) is 0 Å². The Bertz CT molecular complexity index is 894. The molecule has 7 nitrogen and oxygen atoms in total. The molecule has 0 radical (unpaired) electrons. The number of rotatable bonds is 6. The molecular weight excluding hydrogens is 392 g/mol. The Morgan fingerprint density at radius 3 is 2.41 bits per heavy atom. The van der Waals surface area contributed by atoms with E-state index in [0.717, 1.165) is 44.5 Å². The van der Waals surface area contributed by atoms with Crippen LogP contribution >= 0.6 is 11.6 Å². The molecule has 1 heterocycles. The fraction of sp³-hybridized carbons (Fsp3) is 0.381. The van der Waals surface area contributed by atoms with Gasteiger partial charge in [-0.05, 0) is 57.1 Å². The SMILES string of the molecule is CN(C)Cc1ccc(C(=O)Nc2cc(N3CCCCC3)c(Cl)cc2[N+](=O)[O-])cc1. The number of nitrogens with one attached hydrogen (secondary N) is 1. The Kier molecular flexibility index (Phi) is 6.71. The fourth-order valence-corrected chi connectivity index (χ4v) is 3.78. The van der Waals surface area contributed by atoms with Crippen molar-refractivity contribution < 1.29 is 9.72 Å². The molecule has 1 saturated heterocycles. The van der Waals surface area contributed by atoms with E-state index in [1.807, 2.05) is 31.1 Å². The first-order chi connectivity index (χ1) is 13.8. The number of benzene rings is 2. The Labute approximate surface area is 175 Å². The van der Waals surface area contributed by atoms with Gasteiger partial charge in [0, 0.05) is 31.3 Å². The molecule has 2 aromatic rings. The third-order valence-corrected chi connectivity index (χ3v) is 5.22. The van der Waals surface area contributed by atoms with E-state index < -0.39 is 10.8 Å². The molecule has 0 unspecified atom stereocenters. The number of halogens is 1. The van der Waals surface area contributed by atoms with Gasteiger partial charge in [-0.15, -0.1) is 0 Å². The van der Waals surface area contributed by atoms with Crippen LogP contribution in [0.3, 0.4) is 0 Å². The van der Waals surface area contributed by atoms with Crippen molar-refractivity contribution >= 4 is 34.6 Å². The maximum Gasteiger partial charge on any atom is 0.294 e. The minimum Gasteiger partial charge on any atom is -0.370 e. The lowest BCUT2D eigenvalue weighted by Gasteiger charge is -2.29. The van der Waals surface area contributed by atoms with Crippen LogP contribution in [0.5, 0.6) is 0 Å². The molecule has 8 heteroatoms. The van der Waals surface area contributed by atoms with E-state index in [0.29, 0.717) is 16.3 Å². The lowest BCUT2D eigenvalue weighted by Crippen LogP contribution is -2.29. The monoisotopic (exact) mass is 416 g/mol. The number of carbonyl (C=O) groups is 1. The smallest absolute Gasteiger partial charge is 0.294 e. The molecule has 1 N–H and O–H groups in total. The van der Waals surface area contributed by atoms with Crippen LogP contribution in [0.15, 0.2) is 36.4 Å². The normalized spacial score (nSPS) is 14.1. The molecule has 154 valence electrons. The van der Waals surface area contributed by atoms with Crippen molar-refractivity contribution in [1.29, 1.82) is 0 Å². The molecule has 1 aliphatic heterocycles. The molecule has 0 bridgehead atoms. The molecule has 0 aliphatic carbocycles. The zero-order chi connectivity index (χ0) is 21.0. The van der Waals surface area contributed by atoms with Gasteiger partial charge in [0.05, 0.1) is 15.6 Å². The minimum absolute atomic E-state index is 0.155. The van der Waals surface area contributed by atoms with Crippen LogP contribution in [0.25, 0.3) is 0 Å². The van der Waals surface area contributed by atoms with Crippen LogP contribution in [0.1, 0.15) is 35.2 Å². The van der Waals surface area contributed by atoms with Gasteiger partial charge in [0.15, 0.2) is 0 Å². The van der Waals surface area contributed by atoms with E-state index in [2.05, 4.69) is 10.2 Å². The lowest BCUT2D eigenvalue weighted by atomic mass is 10.1. The number of nitro groups is 1. The summed E-state index contributed by atoms with van der Waals surface area (Å²) in [5, 5.41) is 14.5. The predicted molar refractivity (Wildman–Crippen MR) is 116 cm³/mol. The number of piperidine rings is 1. The van der Waals surface area contributed by atoms with Gasteiger partial charge >= 0.3 is 0 Å². The van der Waals surface area contributed by atoms with Crippen LogP contribution in [0.4, 0.5) is 17.1 Å². The van der Waals surface area contributed by atoms with E-state index in [-0.39, 0.29) is 11.4 Å². The summed E-state index contributed by atoms with van der Waals surface area (Å²) in [5.74, 6) is -0.392. The number of hydrogen-bond acceptors (Lipinski definition) is 5. The van der Waals surface area contributed by atoms with Gasteiger partial charge in [0.1, 0.15) is 5.69 Å². The predicted octanol–water partition coefficient (Wildman–Crippen LogP) is 4.55. The van der Waals surface area contributed by atoms with Gasteiger partial charge < -0.3 is 15.1 Å². The Morgan fingerprint density at radius 2 is 1.83 bits per heavy atom. The van der Waals surface area contributed by atoms with Crippen LogP contribution in [0.2, 0.25) is 5.02 Å². The molecule has 0 spiro atoms. The van der Waals surface area contributed by atoms with E-state index in [1.165, 1.54) is 6.07 Å². The highest BCUT2D eigenvalue weighted by molar-refractivity contribution is 6.33. The van der Waals surface area contributed by atoms with Gasteiger partial charge in [-0.2, -0.15) is 0 Å². The Hall–Kier alpha value is -2.64. The zero-order valence-corrected chi connectivity index (χ0v) is 17.4. The standard InChI is InChI=1S/C21H25ClN4O3/c1-24(2)14-15-6-8-16(9-7-15)21(27)23-18-13-19(25-10-4-3-5-11-25)17(22)12-20(18)26(28)29/h6-9,12-13H,3-5,10-11,14H2,1-2H3,(H,23,27). The Balaban J connectivity index is 1.86. The minimum atomic E-state index is -0.526. The second-order valence-electron chi connectivity index (χ2n) is 7.51.